The Morgan fingerprint density at radius 2 is 1.36 bits per heavy atom. The summed E-state index contributed by atoms with van der Waals surface area (Å²) in [6.07, 6.45) is 17.4. The van der Waals surface area contributed by atoms with Crippen LogP contribution in [0.4, 0.5) is 0 Å². The van der Waals surface area contributed by atoms with Gasteiger partial charge < -0.3 is 0 Å². The normalized spacial score (nSPS) is 13.3. The average molecular weight is 148 g/mol. The smallest absolute Gasteiger partial charge is 0.0376 e. The molecule has 0 aromatic heterocycles. The maximum Gasteiger partial charge on any atom is -0.0376 e. The van der Waals surface area contributed by atoms with Crippen molar-refractivity contribution >= 4 is 0 Å². The number of rotatable bonds is 4. The van der Waals surface area contributed by atoms with E-state index in [9.17, 15) is 0 Å². The van der Waals surface area contributed by atoms with E-state index >= 15 is 0 Å². The molecule has 0 N–H and O–H groups in total. The molecule has 0 aliphatic heterocycles. The molecule has 0 aliphatic rings. The Morgan fingerprint density at radius 3 is 1.91 bits per heavy atom. The molecular weight excluding hydrogens is 132 g/mol. The fraction of sp³-hybridized carbons (Fsp3) is 0.273. The van der Waals surface area contributed by atoms with Crippen LogP contribution in [0.15, 0.2) is 48.6 Å². The van der Waals surface area contributed by atoms with Crippen molar-refractivity contribution in [3.63, 3.8) is 0 Å². The molecule has 0 saturated carbocycles. The summed E-state index contributed by atoms with van der Waals surface area (Å²) in [5.74, 6) is 0. The first kappa shape index (κ1) is 9.96. The number of allylic oxidation sites excluding steroid dienone is 8. The topological polar surface area (TPSA) is 0 Å². The van der Waals surface area contributed by atoms with Crippen molar-refractivity contribution < 1.29 is 0 Å². The second-order valence-electron chi connectivity index (χ2n) is 2.13. The third kappa shape index (κ3) is 8.96. The van der Waals surface area contributed by atoms with Gasteiger partial charge in [-0.2, -0.15) is 0 Å². The van der Waals surface area contributed by atoms with Gasteiger partial charge in [0.25, 0.3) is 0 Å². The Labute approximate surface area is 69.6 Å². The minimum Gasteiger partial charge on any atom is -0.0877 e. The van der Waals surface area contributed by atoms with Crippen LogP contribution in [0.25, 0.3) is 0 Å². The van der Waals surface area contributed by atoms with Crippen molar-refractivity contribution in [2.75, 3.05) is 0 Å². The van der Waals surface area contributed by atoms with Crippen molar-refractivity contribution in [1.82, 2.24) is 0 Å². The van der Waals surface area contributed by atoms with Gasteiger partial charge in [0.2, 0.25) is 0 Å². The summed E-state index contributed by atoms with van der Waals surface area (Å²) in [7, 11) is 0. The fourth-order valence-electron chi connectivity index (χ4n) is 0.582. The average Bonchev–Trinajstić information content (AvgIpc) is 2.03. The largest absolute Gasteiger partial charge is 0.0877 e. The molecule has 0 aromatic rings. The summed E-state index contributed by atoms with van der Waals surface area (Å²) in [6, 6.07) is 0. The van der Waals surface area contributed by atoms with Crippen molar-refractivity contribution in [1.29, 1.82) is 0 Å². The molecule has 0 fully saturated rings. The zero-order valence-electron chi connectivity index (χ0n) is 7.33. The van der Waals surface area contributed by atoms with Crippen LogP contribution in [0.5, 0.6) is 0 Å². The molecule has 11 heavy (non-hydrogen) atoms. The minimum atomic E-state index is 1.10. The Balaban J connectivity index is 3.51. The van der Waals surface area contributed by atoms with E-state index in [1.165, 1.54) is 0 Å². The first-order valence-electron chi connectivity index (χ1n) is 4.03. The molecule has 60 valence electrons. The second-order valence-corrected chi connectivity index (χ2v) is 2.13. The lowest BCUT2D eigenvalue weighted by Gasteiger charge is -1.74. The van der Waals surface area contributed by atoms with E-state index < -0.39 is 0 Å². The fourth-order valence-corrected chi connectivity index (χ4v) is 0.582. The van der Waals surface area contributed by atoms with E-state index in [4.69, 9.17) is 0 Å². The quantitative estimate of drug-likeness (QED) is 0.534. The number of hydrogen-bond acceptors (Lipinski definition) is 0. The lowest BCUT2D eigenvalue weighted by atomic mass is 10.3. The van der Waals surface area contributed by atoms with Crippen LogP contribution >= 0.6 is 0 Å². The maximum absolute atomic E-state index is 2.12. The molecule has 0 atom stereocenters. The molecular formula is C11H16. The van der Waals surface area contributed by atoms with Crippen LogP contribution in [0.2, 0.25) is 0 Å². The monoisotopic (exact) mass is 148 g/mol. The zero-order chi connectivity index (χ0) is 8.36. The highest BCUT2D eigenvalue weighted by Gasteiger charge is 1.62. The molecule has 0 radical (unpaired) electrons. The van der Waals surface area contributed by atoms with Gasteiger partial charge in [0.1, 0.15) is 0 Å². The molecule has 0 unspecified atom stereocenters. The van der Waals surface area contributed by atoms with Gasteiger partial charge in [-0.15, -0.1) is 0 Å². The van der Waals surface area contributed by atoms with E-state index in [1.807, 2.05) is 43.4 Å². The second kappa shape index (κ2) is 8.96. The molecule has 0 aliphatic carbocycles. The predicted molar refractivity (Wildman–Crippen MR) is 52.5 cm³/mol. The molecule has 0 saturated heterocycles. The minimum absolute atomic E-state index is 1.10. The van der Waals surface area contributed by atoms with Gasteiger partial charge in [0.05, 0.1) is 0 Å². The van der Waals surface area contributed by atoms with Crippen LogP contribution in [0, 0.1) is 0 Å². The molecule has 0 amide bonds. The summed E-state index contributed by atoms with van der Waals surface area (Å²) in [6.45, 7) is 4.13. The van der Waals surface area contributed by atoms with Crippen molar-refractivity contribution in [2.45, 2.75) is 20.3 Å². The Hall–Kier alpha value is -1.04. The van der Waals surface area contributed by atoms with Crippen molar-refractivity contribution in [3.8, 4) is 0 Å². The van der Waals surface area contributed by atoms with E-state index in [0.717, 1.165) is 6.42 Å². The van der Waals surface area contributed by atoms with E-state index in [-0.39, 0.29) is 0 Å². The summed E-state index contributed by atoms with van der Waals surface area (Å²) < 4.78 is 0. The first-order valence-corrected chi connectivity index (χ1v) is 4.03. The van der Waals surface area contributed by atoms with E-state index in [0.29, 0.717) is 0 Å². The highest BCUT2D eigenvalue weighted by atomic mass is 13.7. The van der Waals surface area contributed by atoms with Crippen LogP contribution in [-0.4, -0.2) is 0 Å². The van der Waals surface area contributed by atoms with Crippen LogP contribution in [0.3, 0.4) is 0 Å². The van der Waals surface area contributed by atoms with Gasteiger partial charge in [-0.3, -0.25) is 0 Å². The van der Waals surface area contributed by atoms with Crippen molar-refractivity contribution in [2.24, 2.45) is 0 Å². The van der Waals surface area contributed by atoms with E-state index in [2.05, 4.69) is 19.1 Å². The standard InChI is InChI=1S/C11H16/c1-3-5-7-9-11-10-8-6-4-2/h3,5-11H,4H2,1-2H3/b5-3+,8-6+,9-7-,11-10+. The van der Waals surface area contributed by atoms with Crippen LogP contribution in [0.1, 0.15) is 20.3 Å². The molecule has 0 heteroatoms. The highest BCUT2D eigenvalue weighted by Crippen LogP contribution is 1.83. The van der Waals surface area contributed by atoms with Gasteiger partial charge in [0.15, 0.2) is 0 Å². The molecule has 0 rings (SSSR count). The van der Waals surface area contributed by atoms with Gasteiger partial charge in [0, 0.05) is 0 Å². The maximum atomic E-state index is 2.12. The molecule has 0 bridgehead atoms. The SMILES string of the molecule is C/C=C/C=C\C=C\C=C\CC. The Bertz CT molecular complexity index is 168. The van der Waals surface area contributed by atoms with Crippen LogP contribution < -0.4 is 0 Å². The lowest BCUT2D eigenvalue weighted by Crippen LogP contribution is -1.52. The molecule has 0 heterocycles. The summed E-state index contributed by atoms with van der Waals surface area (Å²) >= 11 is 0. The van der Waals surface area contributed by atoms with Crippen LogP contribution in [-0.2, 0) is 0 Å². The van der Waals surface area contributed by atoms with Gasteiger partial charge >= 0.3 is 0 Å². The zero-order valence-corrected chi connectivity index (χ0v) is 7.33. The lowest BCUT2D eigenvalue weighted by molar-refractivity contribution is 1.22. The molecule has 0 aromatic carbocycles. The third-order valence-corrected chi connectivity index (χ3v) is 1.12. The highest BCUT2D eigenvalue weighted by molar-refractivity contribution is 5.14. The number of hydrogen-bond donors (Lipinski definition) is 0. The molecule has 0 spiro atoms. The Kier molecular flexibility index (Phi) is 8.11. The summed E-state index contributed by atoms with van der Waals surface area (Å²) in [5, 5.41) is 0. The predicted octanol–water partition coefficient (Wildman–Crippen LogP) is 3.64. The van der Waals surface area contributed by atoms with Gasteiger partial charge in [-0.25, -0.2) is 0 Å². The first-order chi connectivity index (χ1) is 5.41. The van der Waals surface area contributed by atoms with Gasteiger partial charge in [-0.05, 0) is 13.3 Å². The molecule has 0 nitrogen and oxygen atoms in total. The third-order valence-electron chi connectivity index (χ3n) is 1.12. The summed E-state index contributed by atoms with van der Waals surface area (Å²) in [5.41, 5.74) is 0. The van der Waals surface area contributed by atoms with Crippen molar-refractivity contribution in [3.05, 3.63) is 48.6 Å². The van der Waals surface area contributed by atoms with E-state index in [1.54, 1.807) is 0 Å². The Morgan fingerprint density at radius 1 is 0.818 bits per heavy atom. The van der Waals surface area contributed by atoms with Gasteiger partial charge in [-0.1, -0.05) is 55.5 Å². The summed E-state index contributed by atoms with van der Waals surface area (Å²) in [4.78, 5) is 0.